The molecule has 0 saturated heterocycles. The van der Waals surface area contributed by atoms with Crippen molar-refractivity contribution < 1.29 is 0 Å². The highest BCUT2D eigenvalue weighted by Crippen LogP contribution is 2.04. The molecule has 0 unspecified atom stereocenters. The molecule has 0 saturated carbocycles. The Labute approximate surface area is 57.4 Å². The van der Waals surface area contributed by atoms with E-state index in [2.05, 4.69) is 13.1 Å². The third kappa shape index (κ3) is 7.01. The van der Waals surface area contributed by atoms with Crippen molar-refractivity contribution in [3.63, 3.8) is 0 Å². The molecule has 4 heteroatoms. The summed E-state index contributed by atoms with van der Waals surface area (Å²) in [6.45, 7) is 4.44. The Morgan fingerprint density at radius 2 is 1.71 bits per heavy atom. The van der Waals surface area contributed by atoms with Crippen LogP contribution in [0.3, 0.4) is 0 Å². The van der Waals surface area contributed by atoms with Crippen LogP contribution in [0, 0.1) is 0 Å². The predicted octanol–water partition coefficient (Wildman–Crippen LogP) is 2.25. The van der Waals surface area contributed by atoms with Crippen LogP contribution in [-0.4, -0.2) is 16.2 Å². The highest BCUT2D eigenvalue weighted by Gasteiger charge is 2.05. The standard InChI is InChI=1S/C3H8Cl2Si2/c1-6(2)3-7(4)5/h3H2,1-2H3. The minimum Gasteiger partial charge on any atom is -0.147 e. The summed E-state index contributed by atoms with van der Waals surface area (Å²) in [5.41, 5.74) is 1.10. The summed E-state index contributed by atoms with van der Waals surface area (Å²) in [7, 11) is -1.10. The quantitative estimate of drug-likeness (QED) is 0.441. The van der Waals surface area contributed by atoms with E-state index in [1.165, 1.54) is 0 Å². The van der Waals surface area contributed by atoms with Gasteiger partial charge in [-0.25, -0.2) is 0 Å². The van der Waals surface area contributed by atoms with E-state index >= 15 is 0 Å². The third-order valence-corrected chi connectivity index (χ3v) is 6.79. The number of hydrogen-bond donors (Lipinski definition) is 0. The topological polar surface area (TPSA) is 0 Å². The Morgan fingerprint density at radius 3 is 1.71 bits per heavy atom. The van der Waals surface area contributed by atoms with Crippen molar-refractivity contribution in [3.05, 3.63) is 0 Å². The van der Waals surface area contributed by atoms with Crippen LogP contribution in [0.15, 0.2) is 0 Å². The molecule has 0 aliphatic heterocycles. The molecule has 0 heterocycles. The molecule has 0 bridgehead atoms. The highest BCUT2D eigenvalue weighted by molar-refractivity contribution is 7.35. The van der Waals surface area contributed by atoms with Gasteiger partial charge in [0.1, 0.15) is 0 Å². The number of halogens is 2. The molecule has 0 aromatic rings. The molecule has 0 aromatic carbocycles. The molecule has 0 N–H and O–H groups in total. The van der Waals surface area contributed by atoms with Gasteiger partial charge in [-0.2, -0.15) is 0 Å². The van der Waals surface area contributed by atoms with E-state index < -0.39 is 7.42 Å². The smallest absolute Gasteiger partial charge is 0.147 e. The van der Waals surface area contributed by atoms with Gasteiger partial charge in [-0.05, 0) is 5.67 Å². The fraction of sp³-hybridized carbons (Fsp3) is 1.00. The molecular formula is C3H8Cl2Si2. The molecule has 2 radical (unpaired) electrons. The van der Waals surface area contributed by atoms with Gasteiger partial charge in [0.25, 0.3) is 7.42 Å². The molecule has 0 aliphatic carbocycles. The fourth-order valence-corrected chi connectivity index (χ4v) is 7.22. The predicted molar refractivity (Wildman–Crippen MR) is 39.7 cm³/mol. The second kappa shape index (κ2) is 3.95. The molecule has 7 heavy (non-hydrogen) atoms. The first-order chi connectivity index (χ1) is 3.13. The lowest BCUT2D eigenvalue weighted by Crippen LogP contribution is -2.06. The van der Waals surface area contributed by atoms with Gasteiger partial charge in [0.2, 0.25) is 0 Å². The van der Waals surface area contributed by atoms with Gasteiger partial charge in [-0.1, -0.05) is 13.1 Å². The fourth-order valence-electron chi connectivity index (χ4n) is 0.267. The van der Waals surface area contributed by atoms with Crippen LogP contribution in [0.2, 0.25) is 18.8 Å². The molecule has 0 spiro atoms. The summed E-state index contributed by atoms with van der Waals surface area (Å²) in [5.74, 6) is 0. The zero-order chi connectivity index (χ0) is 5.86. The Hall–Kier alpha value is 1.01. The maximum absolute atomic E-state index is 5.57. The van der Waals surface area contributed by atoms with Crippen LogP contribution in [-0.2, 0) is 0 Å². The highest BCUT2D eigenvalue weighted by atomic mass is 35.7. The van der Waals surface area contributed by atoms with Crippen LogP contribution in [0.5, 0.6) is 0 Å². The number of hydrogen-bond acceptors (Lipinski definition) is 0. The normalized spacial score (nSPS) is 11.1. The first kappa shape index (κ1) is 8.01. The van der Waals surface area contributed by atoms with Gasteiger partial charge in [0, 0.05) is 8.80 Å². The average Bonchev–Trinajstić information content (AvgIpc) is 1.27. The molecule has 0 fully saturated rings. The first-order valence-corrected chi connectivity index (χ1v) is 8.52. The SMILES string of the molecule is C[Si](C)C[Si](Cl)Cl. The molecule has 0 aromatic heterocycles. The van der Waals surface area contributed by atoms with Crippen LogP contribution < -0.4 is 0 Å². The van der Waals surface area contributed by atoms with Crippen molar-refractivity contribution in [2.24, 2.45) is 0 Å². The van der Waals surface area contributed by atoms with Gasteiger partial charge in [0.05, 0.1) is 0 Å². The van der Waals surface area contributed by atoms with Crippen molar-refractivity contribution in [1.82, 2.24) is 0 Å². The molecule has 0 amide bonds. The summed E-state index contributed by atoms with van der Waals surface area (Å²) in [6.07, 6.45) is 0. The maximum Gasteiger partial charge on any atom is 0.271 e. The van der Waals surface area contributed by atoms with E-state index in [1.54, 1.807) is 0 Å². The molecule has 0 rings (SSSR count). The van der Waals surface area contributed by atoms with Gasteiger partial charge in [-0.3, -0.25) is 0 Å². The Kier molecular flexibility index (Phi) is 4.52. The summed E-state index contributed by atoms with van der Waals surface area (Å²) < 4.78 is 0. The average molecular weight is 171 g/mol. The summed E-state index contributed by atoms with van der Waals surface area (Å²) >= 11 is 11.1. The maximum atomic E-state index is 5.57. The lowest BCUT2D eigenvalue weighted by atomic mass is 11.8. The van der Waals surface area contributed by atoms with Crippen molar-refractivity contribution >= 4 is 38.4 Å². The summed E-state index contributed by atoms with van der Waals surface area (Å²) in [5, 5.41) is 0. The van der Waals surface area contributed by atoms with Crippen LogP contribution in [0.1, 0.15) is 0 Å². The van der Waals surface area contributed by atoms with E-state index in [9.17, 15) is 0 Å². The van der Waals surface area contributed by atoms with E-state index in [-0.39, 0.29) is 8.80 Å². The Morgan fingerprint density at radius 1 is 1.29 bits per heavy atom. The molecule has 42 valence electrons. The second-order valence-electron chi connectivity index (χ2n) is 1.72. The lowest BCUT2D eigenvalue weighted by Gasteiger charge is -1.97. The van der Waals surface area contributed by atoms with Crippen LogP contribution in [0.25, 0.3) is 0 Å². The Bertz CT molecular complexity index is 40.2. The zero-order valence-electron chi connectivity index (χ0n) is 4.46. The lowest BCUT2D eigenvalue weighted by molar-refractivity contribution is 1.81. The van der Waals surface area contributed by atoms with Gasteiger partial charge >= 0.3 is 0 Å². The molecule has 0 atom stereocenters. The van der Waals surface area contributed by atoms with E-state index in [0.717, 1.165) is 5.67 Å². The van der Waals surface area contributed by atoms with Gasteiger partial charge in [-0.15, -0.1) is 22.2 Å². The third-order valence-electron chi connectivity index (χ3n) is 0.487. The van der Waals surface area contributed by atoms with Crippen LogP contribution in [0.4, 0.5) is 0 Å². The molecule has 0 aliphatic rings. The minimum absolute atomic E-state index is 0.153. The largest absolute Gasteiger partial charge is 0.271 e. The van der Waals surface area contributed by atoms with Crippen molar-refractivity contribution in [1.29, 1.82) is 0 Å². The Balaban J connectivity index is 2.95. The second-order valence-corrected chi connectivity index (χ2v) is 9.55. The zero-order valence-corrected chi connectivity index (χ0v) is 7.97. The van der Waals surface area contributed by atoms with Gasteiger partial charge < -0.3 is 0 Å². The van der Waals surface area contributed by atoms with Crippen LogP contribution >= 0.6 is 22.2 Å². The summed E-state index contributed by atoms with van der Waals surface area (Å²) in [6, 6.07) is 0. The van der Waals surface area contributed by atoms with E-state index in [0.29, 0.717) is 0 Å². The van der Waals surface area contributed by atoms with Crippen molar-refractivity contribution in [2.45, 2.75) is 18.8 Å². The van der Waals surface area contributed by atoms with Gasteiger partial charge in [0.15, 0.2) is 0 Å². The first-order valence-electron chi connectivity index (χ1n) is 2.09. The number of rotatable bonds is 2. The minimum atomic E-state index is -0.944. The van der Waals surface area contributed by atoms with Crippen molar-refractivity contribution in [2.75, 3.05) is 0 Å². The molecule has 0 nitrogen and oxygen atoms in total. The van der Waals surface area contributed by atoms with E-state index in [1.807, 2.05) is 0 Å². The van der Waals surface area contributed by atoms with Crippen molar-refractivity contribution in [3.8, 4) is 0 Å². The summed E-state index contributed by atoms with van der Waals surface area (Å²) in [4.78, 5) is 0. The molecular weight excluding hydrogens is 163 g/mol. The van der Waals surface area contributed by atoms with E-state index in [4.69, 9.17) is 22.2 Å². The monoisotopic (exact) mass is 170 g/mol.